The molecule has 2 N–H and O–H groups in total. The van der Waals surface area contributed by atoms with Crippen molar-refractivity contribution >= 4 is 5.91 Å². The Morgan fingerprint density at radius 2 is 2.07 bits per heavy atom. The number of benzene rings is 1. The molecule has 0 heterocycles. The van der Waals surface area contributed by atoms with Crippen LogP contribution < -0.4 is 5.32 Å². The van der Waals surface area contributed by atoms with Gasteiger partial charge in [-0.05, 0) is 18.2 Å². The minimum atomic E-state index is -1.07. The number of carbonyl (C=O) groups is 1. The van der Waals surface area contributed by atoms with E-state index in [1.165, 1.54) is 6.07 Å². The SMILES string of the molecule is O=C(NCCO)c1ccc(F)c(F)c1. The molecule has 5 heteroatoms. The molecule has 0 atom stereocenters. The maximum absolute atomic E-state index is 12.7. The standard InChI is InChI=1S/C9H9F2NO2/c10-7-2-1-6(5-8(7)11)9(14)12-3-4-13/h1-2,5,13H,3-4H2,(H,12,14). The zero-order valence-corrected chi connectivity index (χ0v) is 7.26. The molecule has 3 nitrogen and oxygen atoms in total. The third kappa shape index (κ3) is 2.50. The number of hydrogen-bond acceptors (Lipinski definition) is 2. The molecular formula is C9H9F2NO2. The van der Waals surface area contributed by atoms with Gasteiger partial charge in [0.05, 0.1) is 6.61 Å². The summed E-state index contributed by atoms with van der Waals surface area (Å²) in [5, 5.41) is 10.7. The van der Waals surface area contributed by atoms with Gasteiger partial charge in [0.25, 0.3) is 5.91 Å². The highest BCUT2D eigenvalue weighted by Gasteiger charge is 2.08. The van der Waals surface area contributed by atoms with Crippen molar-refractivity contribution in [3.8, 4) is 0 Å². The van der Waals surface area contributed by atoms with E-state index >= 15 is 0 Å². The van der Waals surface area contributed by atoms with Gasteiger partial charge in [-0.3, -0.25) is 4.79 Å². The predicted molar refractivity (Wildman–Crippen MR) is 45.8 cm³/mol. The molecule has 1 amide bonds. The van der Waals surface area contributed by atoms with E-state index in [4.69, 9.17) is 5.11 Å². The summed E-state index contributed by atoms with van der Waals surface area (Å²) in [4.78, 5) is 11.2. The third-order valence-electron chi connectivity index (χ3n) is 1.58. The second kappa shape index (κ2) is 4.66. The molecule has 76 valence electrons. The first-order valence-electron chi connectivity index (χ1n) is 3.99. The molecule has 0 bridgehead atoms. The van der Waals surface area contributed by atoms with E-state index in [0.29, 0.717) is 0 Å². The van der Waals surface area contributed by atoms with Crippen LogP contribution in [-0.2, 0) is 0 Å². The molecule has 0 fully saturated rings. The van der Waals surface area contributed by atoms with Crippen LogP contribution in [0.1, 0.15) is 10.4 Å². The molecule has 0 spiro atoms. The van der Waals surface area contributed by atoms with E-state index in [1.807, 2.05) is 0 Å². The van der Waals surface area contributed by atoms with Crippen LogP contribution in [0.2, 0.25) is 0 Å². The van der Waals surface area contributed by atoms with Gasteiger partial charge in [0.15, 0.2) is 11.6 Å². The van der Waals surface area contributed by atoms with Crippen molar-refractivity contribution in [2.45, 2.75) is 0 Å². The topological polar surface area (TPSA) is 49.3 Å². The highest BCUT2D eigenvalue weighted by Crippen LogP contribution is 2.08. The summed E-state index contributed by atoms with van der Waals surface area (Å²) >= 11 is 0. The Kier molecular flexibility index (Phi) is 3.53. The van der Waals surface area contributed by atoms with Crippen molar-refractivity contribution in [3.05, 3.63) is 35.4 Å². The van der Waals surface area contributed by atoms with E-state index in [0.717, 1.165) is 12.1 Å². The zero-order valence-electron chi connectivity index (χ0n) is 7.26. The Morgan fingerprint density at radius 1 is 1.36 bits per heavy atom. The number of carbonyl (C=O) groups excluding carboxylic acids is 1. The summed E-state index contributed by atoms with van der Waals surface area (Å²) in [6.45, 7) is -0.118. The lowest BCUT2D eigenvalue weighted by molar-refractivity contribution is 0.0944. The highest BCUT2D eigenvalue weighted by atomic mass is 19.2. The van der Waals surface area contributed by atoms with Crippen LogP contribution >= 0.6 is 0 Å². The van der Waals surface area contributed by atoms with E-state index in [2.05, 4.69) is 5.32 Å². The molecule has 0 saturated heterocycles. The van der Waals surface area contributed by atoms with Gasteiger partial charge in [0.1, 0.15) is 0 Å². The van der Waals surface area contributed by atoms with Crippen molar-refractivity contribution in [1.82, 2.24) is 5.32 Å². The van der Waals surface area contributed by atoms with Gasteiger partial charge in [-0.2, -0.15) is 0 Å². The van der Waals surface area contributed by atoms with Crippen molar-refractivity contribution in [2.75, 3.05) is 13.2 Å². The summed E-state index contributed by atoms with van der Waals surface area (Å²) in [6.07, 6.45) is 0. The van der Waals surface area contributed by atoms with Crippen molar-refractivity contribution in [1.29, 1.82) is 0 Å². The fourth-order valence-electron chi connectivity index (χ4n) is 0.909. The van der Waals surface area contributed by atoms with Gasteiger partial charge >= 0.3 is 0 Å². The minimum absolute atomic E-state index is 0.0253. The Labute approximate surface area is 79.4 Å². The monoisotopic (exact) mass is 201 g/mol. The molecule has 14 heavy (non-hydrogen) atoms. The van der Waals surface area contributed by atoms with E-state index in [-0.39, 0.29) is 18.7 Å². The molecule has 1 aromatic carbocycles. The molecule has 0 aliphatic rings. The number of rotatable bonds is 3. The molecular weight excluding hydrogens is 192 g/mol. The lowest BCUT2D eigenvalue weighted by Crippen LogP contribution is -2.26. The highest BCUT2D eigenvalue weighted by molar-refractivity contribution is 5.94. The van der Waals surface area contributed by atoms with Crippen LogP contribution in [0.5, 0.6) is 0 Å². The van der Waals surface area contributed by atoms with Gasteiger partial charge in [-0.15, -0.1) is 0 Å². The Morgan fingerprint density at radius 3 is 2.64 bits per heavy atom. The third-order valence-corrected chi connectivity index (χ3v) is 1.58. The average Bonchev–Trinajstić information content (AvgIpc) is 2.18. The fourth-order valence-corrected chi connectivity index (χ4v) is 0.909. The first kappa shape index (κ1) is 10.6. The van der Waals surface area contributed by atoms with Crippen molar-refractivity contribution in [3.63, 3.8) is 0 Å². The van der Waals surface area contributed by atoms with Crippen LogP contribution in [0.3, 0.4) is 0 Å². The van der Waals surface area contributed by atoms with Crippen molar-refractivity contribution in [2.24, 2.45) is 0 Å². The molecule has 0 saturated carbocycles. The fraction of sp³-hybridized carbons (Fsp3) is 0.222. The first-order valence-corrected chi connectivity index (χ1v) is 3.99. The van der Waals surface area contributed by atoms with E-state index in [9.17, 15) is 13.6 Å². The van der Waals surface area contributed by atoms with E-state index < -0.39 is 17.5 Å². The first-order chi connectivity index (χ1) is 6.65. The van der Waals surface area contributed by atoms with Crippen LogP contribution in [-0.4, -0.2) is 24.2 Å². The summed E-state index contributed by atoms with van der Waals surface area (Å²) in [5.41, 5.74) is 0.0253. The van der Waals surface area contributed by atoms with Crippen LogP contribution in [0.25, 0.3) is 0 Å². The number of amides is 1. The zero-order chi connectivity index (χ0) is 10.6. The molecule has 0 radical (unpaired) electrons. The van der Waals surface area contributed by atoms with Crippen molar-refractivity contribution < 1.29 is 18.7 Å². The smallest absolute Gasteiger partial charge is 0.251 e. The maximum atomic E-state index is 12.7. The molecule has 0 aliphatic heterocycles. The Bertz CT molecular complexity index is 342. The summed E-state index contributed by atoms with van der Waals surface area (Å²) < 4.78 is 25.1. The van der Waals surface area contributed by atoms with Gasteiger partial charge < -0.3 is 10.4 Å². The number of aliphatic hydroxyl groups excluding tert-OH is 1. The molecule has 1 aromatic rings. The largest absolute Gasteiger partial charge is 0.395 e. The minimum Gasteiger partial charge on any atom is -0.395 e. The maximum Gasteiger partial charge on any atom is 0.251 e. The van der Waals surface area contributed by atoms with Crippen LogP contribution in [0, 0.1) is 11.6 Å². The van der Waals surface area contributed by atoms with Gasteiger partial charge in [0, 0.05) is 12.1 Å². The lowest BCUT2D eigenvalue weighted by atomic mass is 10.2. The normalized spacial score (nSPS) is 9.93. The number of nitrogens with one attached hydrogen (secondary N) is 1. The van der Waals surface area contributed by atoms with Gasteiger partial charge in [-0.1, -0.05) is 0 Å². The number of aliphatic hydroxyl groups is 1. The predicted octanol–water partition coefficient (Wildman–Crippen LogP) is 0.687. The van der Waals surface area contributed by atoms with Gasteiger partial charge in [0.2, 0.25) is 0 Å². The quantitative estimate of drug-likeness (QED) is 0.755. The molecule has 0 aromatic heterocycles. The second-order valence-electron chi connectivity index (χ2n) is 2.61. The average molecular weight is 201 g/mol. The number of hydrogen-bond donors (Lipinski definition) is 2. The summed E-state index contributed by atoms with van der Waals surface area (Å²) in [7, 11) is 0. The molecule has 1 rings (SSSR count). The van der Waals surface area contributed by atoms with Gasteiger partial charge in [-0.25, -0.2) is 8.78 Å². The molecule has 0 unspecified atom stereocenters. The second-order valence-corrected chi connectivity index (χ2v) is 2.61. The Hall–Kier alpha value is -1.49. The lowest BCUT2D eigenvalue weighted by Gasteiger charge is -2.02. The van der Waals surface area contributed by atoms with E-state index in [1.54, 1.807) is 0 Å². The summed E-state index contributed by atoms with van der Waals surface area (Å²) in [5.74, 6) is -2.61. The number of halogens is 2. The van der Waals surface area contributed by atoms with Crippen LogP contribution in [0.15, 0.2) is 18.2 Å². The summed E-state index contributed by atoms with van der Waals surface area (Å²) in [6, 6.07) is 2.86. The molecule has 0 aliphatic carbocycles. The van der Waals surface area contributed by atoms with Crippen LogP contribution in [0.4, 0.5) is 8.78 Å². The Balaban J connectivity index is 2.76.